The van der Waals surface area contributed by atoms with Crippen LogP contribution in [0.3, 0.4) is 0 Å². The van der Waals surface area contributed by atoms with Gasteiger partial charge < -0.3 is 10.2 Å². The van der Waals surface area contributed by atoms with Crippen LogP contribution in [0.1, 0.15) is 27.7 Å². The molecule has 98 valence electrons. The second-order valence-electron chi connectivity index (χ2n) is 3.25. The topological polar surface area (TPSA) is 35.6 Å². The first-order chi connectivity index (χ1) is 7.72. The molecule has 0 radical (unpaired) electrons. The van der Waals surface area contributed by atoms with E-state index in [0.717, 1.165) is 26.2 Å². The number of amides is 1. The highest BCUT2D eigenvalue weighted by Crippen LogP contribution is 1.97. The lowest BCUT2D eigenvalue weighted by Gasteiger charge is -2.31. The molecule has 0 aromatic carbocycles. The smallest absolute Gasteiger partial charge is 0.233 e. The molecule has 1 aliphatic rings. The zero-order chi connectivity index (χ0) is 13.0. The number of carbonyl (C=O) groups excluding carboxylic acids is 1. The highest BCUT2D eigenvalue weighted by Gasteiger charge is 2.15. The SMILES string of the molecule is CC.CC.CNC(=O)CN1CCN(C)CC1. The summed E-state index contributed by atoms with van der Waals surface area (Å²) in [6, 6.07) is 0. The summed E-state index contributed by atoms with van der Waals surface area (Å²) in [6.07, 6.45) is 0. The van der Waals surface area contributed by atoms with Crippen molar-refractivity contribution >= 4 is 5.91 Å². The second kappa shape index (κ2) is 12.5. The third-order valence-electron chi connectivity index (χ3n) is 2.24. The van der Waals surface area contributed by atoms with Gasteiger partial charge in [-0.15, -0.1) is 0 Å². The van der Waals surface area contributed by atoms with Crippen LogP contribution in [0.4, 0.5) is 0 Å². The van der Waals surface area contributed by atoms with Crippen LogP contribution in [0.15, 0.2) is 0 Å². The predicted molar refractivity (Wildman–Crippen MR) is 70.7 cm³/mol. The van der Waals surface area contributed by atoms with Crippen molar-refractivity contribution in [2.45, 2.75) is 27.7 Å². The van der Waals surface area contributed by atoms with Gasteiger partial charge in [-0.05, 0) is 7.05 Å². The molecule has 4 nitrogen and oxygen atoms in total. The Hall–Kier alpha value is -0.610. The van der Waals surface area contributed by atoms with Gasteiger partial charge in [0.1, 0.15) is 0 Å². The standard InChI is InChI=1S/C8H17N3O.2C2H6/c1-9-8(12)7-11-5-3-10(2)4-6-11;2*1-2/h3-7H2,1-2H3,(H,9,12);2*1-2H3. The molecular formula is C12H29N3O. The van der Waals surface area contributed by atoms with Gasteiger partial charge in [0.25, 0.3) is 0 Å². The van der Waals surface area contributed by atoms with Gasteiger partial charge in [0, 0.05) is 33.2 Å². The summed E-state index contributed by atoms with van der Waals surface area (Å²) in [5.41, 5.74) is 0. The quantitative estimate of drug-likeness (QED) is 0.771. The second-order valence-corrected chi connectivity index (χ2v) is 3.25. The molecule has 1 fully saturated rings. The third kappa shape index (κ3) is 8.68. The predicted octanol–water partition coefficient (Wildman–Crippen LogP) is 1.03. The average molecular weight is 231 g/mol. The fraction of sp³-hybridized carbons (Fsp3) is 0.917. The van der Waals surface area contributed by atoms with Crippen molar-refractivity contribution in [1.82, 2.24) is 15.1 Å². The summed E-state index contributed by atoms with van der Waals surface area (Å²) >= 11 is 0. The monoisotopic (exact) mass is 231 g/mol. The van der Waals surface area contributed by atoms with E-state index in [0.29, 0.717) is 6.54 Å². The van der Waals surface area contributed by atoms with Crippen molar-refractivity contribution in [1.29, 1.82) is 0 Å². The lowest BCUT2D eigenvalue weighted by molar-refractivity contribution is -0.122. The molecule has 0 unspecified atom stereocenters. The molecule has 1 aliphatic heterocycles. The van der Waals surface area contributed by atoms with Crippen LogP contribution in [-0.4, -0.2) is 62.5 Å². The van der Waals surface area contributed by atoms with Crippen LogP contribution >= 0.6 is 0 Å². The Balaban J connectivity index is 0. The van der Waals surface area contributed by atoms with Crippen LogP contribution in [0.2, 0.25) is 0 Å². The number of nitrogens with zero attached hydrogens (tertiary/aromatic N) is 2. The maximum atomic E-state index is 11.0. The lowest BCUT2D eigenvalue weighted by Crippen LogP contribution is -2.47. The third-order valence-corrected chi connectivity index (χ3v) is 2.24. The van der Waals surface area contributed by atoms with Gasteiger partial charge in [-0.1, -0.05) is 27.7 Å². The van der Waals surface area contributed by atoms with E-state index in [1.54, 1.807) is 7.05 Å². The van der Waals surface area contributed by atoms with E-state index in [4.69, 9.17) is 0 Å². The van der Waals surface area contributed by atoms with Crippen LogP contribution < -0.4 is 5.32 Å². The van der Waals surface area contributed by atoms with Gasteiger partial charge >= 0.3 is 0 Å². The molecule has 4 heteroatoms. The van der Waals surface area contributed by atoms with Crippen LogP contribution in [-0.2, 0) is 4.79 Å². The fourth-order valence-corrected chi connectivity index (χ4v) is 1.29. The van der Waals surface area contributed by atoms with Crippen molar-refractivity contribution in [3.8, 4) is 0 Å². The summed E-state index contributed by atoms with van der Waals surface area (Å²) in [5.74, 6) is 0.111. The van der Waals surface area contributed by atoms with Gasteiger partial charge in [-0.25, -0.2) is 0 Å². The number of hydrogen-bond acceptors (Lipinski definition) is 3. The molecule has 0 spiro atoms. The minimum Gasteiger partial charge on any atom is -0.358 e. The van der Waals surface area contributed by atoms with Gasteiger partial charge in [0.2, 0.25) is 5.91 Å². The molecule has 0 aromatic rings. The minimum absolute atomic E-state index is 0.111. The summed E-state index contributed by atoms with van der Waals surface area (Å²) in [7, 11) is 3.79. The number of carbonyl (C=O) groups is 1. The zero-order valence-electron chi connectivity index (χ0n) is 11.8. The summed E-state index contributed by atoms with van der Waals surface area (Å²) in [6.45, 7) is 12.7. The molecule has 0 saturated carbocycles. The lowest BCUT2D eigenvalue weighted by atomic mass is 10.3. The molecule has 16 heavy (non-hydrogen) atoms. The van der Waals surface area contributed by atoms with E-state index in [9.17, 15) is 4.79 Å². The first-order valence-electron chi connectivity index (χ1n) is 6.34. The van der Waals surface area contributed by atoms with Gasteiger partial charge in [0.05, 0.1) is 6.54 Å². The van der Waals surface area contributed by atoms with Gasteiger partial charge in [-0.3, -0.25) is 9.69 Å². The Morgan fingerprint density at radius 1 is 1.06 bits per heavy atom. The maximum absolute atomic E-state index is 11.0. The van der Waals surface area contributed by atoms with Crippen LogP contribution in [0.25, 0.3) is 0 Å². The van der Waals surface area contributed by atoms with Crippen molar-refractivity contribution < 1.29 is 4.79 Å². The Labute approximate surface area is 101 Å². The van der Waals surface area contributed by atoms with Gasteiger partial charge in [0.15, 0.2) is 0 Å². The van der Waals surface area contributed by atoms with E-state index < -0.39 is 0 Å². The van der Waals surface area contributed by atoms with E-state index in [1.165, 1.54) is 0 Å². The molecule has 0 aliphatic carbocycles. The fourth-order valence-electron chi connectivity index (χ4n) is 1.29. The number of likely N-dealkylation sites (N-methyl/N-ethyl adjacent to an activating group) is 2. The number of nitrogens with one attached hydrogen (secondary N) is 1. The summed E-state index contributed by atoms with van der Waals surface area (Å²) in [4.78, 5) is 15.5. The molecular weight excluding hydrogens is 202 g/mol. The Bertz CT molecular complexity index is 154. The highest BCUT2D eigenvalue weighted by atomic mass is 16.1. The molecule has 1 saturated heterocycles. The highest BCUT2D eigenvalue weighted by molar-refractivity contribution is 5.77. The van der Waals surface area contributed by atoms with Gasteiger partial charge in [-0.2, -0.15) is 0 Å². The first kappa shape index (κ1) is 17.8. The van der Waals surface area contributed by atoms with E-state index in [1.807, 2.05) is 27.7 Å². The molecule has 1 heterocycles. The molecule has 1 rings (SSSR count). The average Bonchev–Trinajstić information content (AvgIpc) is 2.37. The molecule has 1 N–H and O–H groups in total. The number of rotatable bonds is 2. The normalized spacial score (nSPS) is 16.4. The zero-order valence-corrected chi connectivity index (χ0v) is 11.8. The molecule has 0 bridgehead atoms. The Morgan fingerprint density at radius 2 is 1.50 bits per heavy atom. The van der Waals surface area contributed by atoms with Crippen molar-refractivity contribution in [3.63, 3.8) is 0 Å². The van der Waals surface area contributed by atoms with Crippen molar-refractivity contribution in [2.75, 3.05) is 46.8 Å². The van der Waals surface area contributed by atoms with Crippen molar-refractivity contribution in [2.24, 2.45) is 0 Å². The van der Waals surface area contributed by atoms with Crippen LogP contribution in [0, 0.1) is 0 Å². The molecule has 1 amide bonds. The van der Waals surface area contributed by atoms with E-state index >= 15 is 0 Å². The minimum atomic E-state index is 0.111. The number of hydrogen-bond donors (Lipinski definition) is 1. The van der Waals surface area contributed by atoms with Crippen LogP contribution in [0.5, 0.6) is 0 Å². The van der Waals surface area contributed by atoms with E-state index in [-0.39, 0.29) is 5.91 Å². The van der Waals surface area contributed by atoms with Crippen molar-refractivity contribution in [3.05, 3.63) is 0 Å². The maximum Gasteiger partial charge on any atom is 0.233 e. The first-order valence-corrected chi connectivity index (χ1v) is 6.34. The largest absolute Gasteiger partial charge is 0.358 e. The van der Waals surface area contributed by atoms with E-state index in [2.05, 4.69) is 22.2 Å². The summed E-state index contributed by atoms with van der Waals surface area (Å²) in [5, 5.41) is 2.63. The number of piperazine rings is 1. The Kier molecular flexibility index (Phi) is 13.8. The molecule has 0 aromatic heterocycles. The Morgan fingerprint density at radius 3 is 1.88 bits per heavy atom. The summed E-state index contributed by atoms with van der Waals surface area (Å²) < 4.78 is 0. The molecule has 0 atom stereocenters.